The number of hydrogen-bond acceptors (Lipinski definition) is 0. The molecule has 0 aliphatic carbocycles. The molecule has 0 heterocycles. The Morgan fingerprint density at radius 2 is 0.587 bits per heavy atom. The van der Waals surface area contributed by atoms with Crippen molar-refractivity contribution in [2.24, 2.45) is 35.5 Å². The van der Waals surface area contributed by atoms with E-state index in [1.807, 2.05) is 0 Å². The van der Waals surface area contributed by atoms with Gasteiger partial charge >= 0.3 is 303 Å². The summed E-state index contributed by atoms with van der Waals surface area (Å²) in [6.45, 7) is 29.2. The second-order valence-corrected chi connectivity index (χ2v) is 32.8. The van der Waals surface area contributed by atoms with Crippen molar-refractivity contribution >= 4 is 80.8 Å². The topological polar surface area (TPSA) is 0 Å². The van der Waals surface area contributed by atoms with Crippen molar-refractivity contribution in [3.8, 4) is 0 Å². The van der Waals surface area contributed by atoms with E-state index in [1.54, 1.807) is 29.0 Å². The Morgan fingerprint density at radius 1 is 0.370 bits per heavy atom. The predicted octanol–water partition coefficient (Wildman–Crippen LogP) is 9.49. The SMILES string of the molecule is CC(C)C[As](CC(C)C)c1cccc(P(c2cccc([As](CC(C)C)CC(C)C)c2)c2cccc([As](CC(C)C)CC(C)C)c2)c1. The molecule has 0 aliphatic rings. The summed E-state index contributed by atoms with van der Waals surface area (Å²) >= 11 is -3.43. The summed E-state index contributed by atoms with van der Waals surface area (Å²) < 4.78 is 5.10. The van der Waals surface area contributed by atoms with Gasteiger partial charge in [-0.2, -0.15) is 0 Å². The molecule has 0 spiro atoms. The van der Waals surface area contributed by atoms with Gasteiger partial charge in [-0.25, -0.2) is 0 Å². The molecule has 3 aromatic rings. The predicted molar refractivity (Wildman–Crippen MR) is 219 cm³/mol. The molecule has 3 rings (SSSR count). The van der Waals surface area contributed by atoms with E-state index in [-0.39, 0.29) is 0 Å². The summed E-state index contributed by atoms with van der Waals surface area (Å²) in [6, 6.07) is 30.3. The third-order valence-electron chi connectivity index (χ3n) is 7.87. The summed E-state index contributed by atoms with van der Waals surface area (Å²) in [5, 5.41) is 13.2. The normalized spacial score (nSPS) is 12.7. The summed E-state index contributed by atoms with van der Waals surface area (Å²) in [5.74, 6) is 4.61. The van der Waals surface area contributed by atoms with Crippen LogP contribution >= 0.6 is 7.92 Å². The Bertz CT molecular complexity index is 1120. The monoisotopic (exact) mass is 826 g/mol. The first kappa shape index (κ1) is 40.2. The van der Waals surface area contributed by atoms with Crippen molar-refractivity contribution in [3.05, 3.63) is 72.8 Å². The van der Waals surface area contributed by atoms with Gasteiger partial charge in [-0.3, -0.25) is 0 Å². The average molecular weight is 827 g/mol. The molecule has 46 heavy (non-hydrogen) atoms. The molecular weight excluding hydrogens is 760 g/mol. The fourth-order valence-corrected chi connectivity index (χ4v) is 28.1. The Morgan fingerprint density at radius 3 is 0.783 bits per heavy atom. The van der Waals surface area contributed by atoms with E-state index in [9.17, 15) is 0 Å². The van der Waals surface area contributed by atoms with E-state index in [2.05, 4.69) is 156 Å². The molecule has 0 radical (unpaired) electrons. The fourth-order valence-electron chi connectivity index (χ4n) is 6.43. The molecule has 0 nitrogen and oxygen atoms in total. The van der Waals surface area contributed by atoms with Crippen LogP contribution in [-0.4, -0.2) is 44.0 Å². The van der Waals surface area contributed by atoms with E-state index < -0.39 is 51.9 Å². The van der Waals surface area contributed by atoms with Crippen LogP contribution in [0.25, 0.3) is 0 Å². The minimum absolute atomic E-state index is 0.621. The zero-order valence-electron chi connectivity index (χ0n) is 31.4. The summed E-state index contributed by atoms with van der Waals surface area (Å²) in [6.07, 6.45) is 0. The van der Waals surface area contributed by atoms with Gasteiger partial charge in [0.1, 0.15) is 0 Å². The van der Waals surface area contributed by atoms with E-state index in [1.165, 1.54) is 31.3 Å². The van der Waals surface area contributed by atoms with Crippen LogP contribution < -0.4 is 29.0 Å². The van der Waals surface area contributed by atoms with Crippen molar-refractivity contribution in [1.82, 2.24) is 0 Å². The van der Waals surface area contributed by atoms with Crippen molar-refractivity contribution in [2.45, 2.75) is 114 Å². The van der Waals surface area contributed by atoms with Gasteiger partial charge in [-0.05, 0) is 0 Å². The van der Waals surface area contributed by atoms with Crippen LogP contribution in [0.5, 0.6) is 0 Å². The molecule has 0 aliphatic heterocycles. The number of rotatable bonds is 18. The third kappa shape index (κ3) is 13.2. The molecule has 0 saturated carbocycles. The summed E-state index contributed by atoms with van der Waals surface area (Å²) in [4.78, 5) is 0. The maximum absolute atomic E-state index is 2.70. The van der Waals surface area contributed by atoms with E-state index in [0.29, 0.717) is 0 Å². The molecule has 0 fully saturated rings. The standard InChI is InChI=1S/C42H66As3P/c1-31(2)25-43(26-32(3)4)37-16-13-19-40(22-37)46(41-20-14-17-38(23-41)44(27-33(5)6)28-34(7)8)42-21-15-18-39(24-42)45(29-35(9)10)30-36(11)12/h13-24,31-36H,25-30H2,1-12H3. The van der Waals surface area contributed by atoms with Crippen molar-refractivity contribution < 1.29 is 0 Å². The van der Waals surface area contributed by atoms with Gasteiger partial charge in [-0.1, -0.05) is 0 Å². The first-order valence-electron chi connectivity index (χ1n) is 18.1. The maximum atomic E-state index is 2.70. The van der Waals surface area contributed by atoms with Gasteiger partial charge < -0.3 is 0 Å². The van der Waals surface area contributed by atoms with Gasteiger partial charge in [0.15, 0.2) is 0 Å². The van der Waals surface area contributed by atoms with Crippen molar-refractivity contribution in [3.63, 3.8) is 0 Å². The van der Waals surface area contributed by atoms with E-state index in [0.717, 1.165) is 35.5 Å². The Hall–Kier alpha value is -0.235. The van der Waals surface area contributed by atoms with Crippen LogP contribution in [0.2, 0.25) is 31.3 Å². The van der Waals surface area contributed by atoms with Crippen LogP contribution in [0.3, 0.4) is 0 Å². The van der Waals surface area contributed by atoms with E-state index >= 15 is 0 Å². The van der Waals surface area contributed by atoms with Gasteiger partial charge in [0, 0.05) is 0 Å². The first-order valence-corrected chi connectivity index (χ1v) is 30.2. The van der Waals surface area contributed by atoms with Crippen LogP contribution in [0.15, 0.2) is 72.8 Å². The Kier molecular flexibility index (Phi) is 17.3. The van der Waals surface area contributed by atoms with E-state index in [4.69, 9.17) is 0 Å². The molecule has 0 unspecified atom stereocenters. The van der Waals surface area contributed by atoms with Crippen molar-refractivity contribution in [2.75, 3.05) is 0 Å². The summed E-state index contributed by atoms with van der Waals surface area (Å²) in [5.41, 5.74) is 0. The second kappa shape index (κ2) is 19.8. The third-order valence-corrected chi connectivity index (χ3v) is 31.3. The van der Waals surface area contributed by atoms with Gasteiger partial charge in [0.2, 0.25) is 0 Å². The van der Waals surface area contributed by atoms with Crippen LogP contribution in [0.4, 0.5) is 0 Å². The van der Waals surface area contributed by atoms with Crippen LogP contribution in [0.1, 0.15) is 83.1 Å². The molecular formula is C42H66As3P. The Labute approximate surface area is 301 Å². The number of hydrogen-bond donors (Lipinski definition) is 0. The molecule has 4 heteroatoms. The molecule has 3 aromatic carbocycles. The fraction of sp³-hybridized carbons (Fsp3) is 0.571. The zero-order chi connectivity index (χ0) is 34.0. The average Bonchev–Trinajstić information content (AvgIpc) is 2.95. The molecule has 0 N–H and O–H groups in total. The second-order valence-electron chi connectivity index (χ2n) is 16.0. The van der Waals surface area contributed by atoms with Gasteiger partial charge in [0.05, 0.1) is 0 Å². The summed E-state index contributed by atoms with van der Waals surface area (Å²) in [7, 11) is -0.621. The quantitative estimate of drug-likeness (QED) is 0.0887. The molecule has 0 atom stereocenters. The first-order chi connectivity index (χ1) is 21.7. The van der Waals surface area contributed by atoms with Gasteiger partial charge in [-0.15, -0.1) is 0 Å². The molecule has 0 saturated heterocycles. The molecule has 0 bridgehead atoms. The molecule has 254 valence electrons. The van der Waals surface area contributed by atoms with Crippen LogP contribution in [-0.2, 0) is 0 Å². The van der Waals surface area contributed by atoms with Crippen molar-refractivity contribution in [1.29, 1.82) is 0 Å². The van der Waals surface area contributed by atoms with Crippen LogP contribution in [0, 0.1) is 35.5 Å². The Balaban J connectivity index is 2.22. The molecule has 0 aromatic heterocycles. The van der Waals surface area contributed by atoms with Gasteiger partial charge in [0.25, 0.3) is 0 Å². The molecule has 0 amide bonds. The minimum atomic E-state index is -1.14. The number of benzene rings is 3. The zero-order valence-corrected chi connectivity index (χ0v) is 37.9.